The predicted molar refractivity (Wildman–Crippen MR) is 142 cm³/mol. The monoisotopic (exact) mass is 477 g/mol. The Balaban J connectivity index is 1.35. The number of allylic oxidation sites excluding steroid dienone is 3. The van der Waals surface area contributed by atoms with E-state index < -0.39 is 0 Å². The lowest BCUT2D eigenvalue weighted by Gasteiger charge is -2.40. The van der Waals surface area contributed by atoms with Crippen LogP contribution < -0.4 is 5.32 Å². The number of aliphatic hydroxyl groups is 1. The Morgan fingerprint density at radius 3 is 2.71 bits per heavy atom. The third-order valence-corrected chi connectivity index (χ3v) is 8.81. The van der Waals surface area contributed by atoms with Gasteiger partial charge in [0.2, 0.25) is 5.91 Å². The quantitative estimate of drug-likeness (QED) is 0.495. The number of carbonyl (C=O) groups is 1. The Hall–Kier alpha value is -2.11. The first-order valence-corrected chi connectivity index (χ1v) is 14.0. The van der Waals surface area contributed by atoms with Crippen molar-refractivity contribution in [2.24, 2.45) is 5.92 Å². The minimum atomic E-state index is -0.0705. The van der Waals surface area contributed by atoms with Crippen LogP contribution in [0.5, 0.6) is 0 Å². The number of amides is 1. The highest BCUT2D eigenvalue weighted by Crippen LogP contribution is 2.40. The molecule has 0 spiro atoms. The lowest BCUT2D eigenvalue weighted by molar-refractivity contribution is -0.124. The van der Waals surface area contributed by atoms with Crippen molar-refractivity contribution in [1.29, 1.82) is 0 Å². The van der Waals surface area contributed by atoms with E-state index in [-0.39, 0.29) is 17.9 Å². The van der Waals surface area contributed by atoms with Crippen LogP contribution >= 0.6 is 0 Å². The minimum Gasteiger partial charge on any atom is -0.508 e. The number of nitrogens with zero attached hydrogens (tertiary/aromatic N) is 2. The molecule has 2 N–H and O–H groups in total. The van der Waals surface area contributed by atoms with E-state index in [1.54, 1.807) is 0 Å². The summed E-state index contributed by atoms with van der Waals surface area (Å²) >= 11 is 0. The second kappa shape index (κ2) is 11.3. The number of rotatable bonds is 7. The summed E-state index contributed by atoms with van der Waals surface area (Å²) in [7, 11) is 0. The zero-order chi connectivity index (χ0) is 24.2. The smallest absolute Gasteiger partial charge is 0.227 e. The zero-order valence-corrected chi connectivity index (χ0v) is 21.2. The second-order valence-corrected chi connectivity index (χ2v) is 11.2. The molecule has 5 nitrogen and oxygen atoms in total. The van der Waals surface area contributed by atoms with Crippen LogP contribution in [0.3, 0.4) is 0 Å². The highest BCUT2D eigenvalue weighted by Gasteiger charge is 2.43. The number of likely N-dealkylation sites (tertiary alicyclic amines) is 1. The van der Waals surface area contributed by atoms with Gasteiger partial charge in [-0.15, -0.1) is 6.58 Å². The molecule has 1 amide bonds. The SMILES string of the molecule is C=CCN1CCC2CCC(C1)N2C(C1=CCC(C(=O)NC2CCCCC2)C=C1)C1=CC(O)=CCC1. The minimum absolute atomic E-state index is 0.0705. The lowest BCUT2D eigenvalue weighted by Crippen LogP contribution is -2.48. The molecule has 2 aliphatic heterocycles. The fraction of sp³-hybridized carbons (Fsp3) is 0.633. The summed E-state index contributed by atoms with van der Waals surface area (Å²) in [5, 5.41) is 13.7. The predicted octanol–water partition coefficient (Wildman–Crippen LogP) is 5.19. The maximum atomic E-state index is 13.0. The summed E-state index contributed by atoms with van der Waals surface area (Å²) < 4.78 is 0. The first-order valence-electron chi connectivity index (χ1n) is 14.0. The van der Waals surface area contributed by atoms with Crippen LogP contribution in [0.15, 0.2) is 59.9 Å². The molecule has 0 aromatic rings. The lowest BCUT2D eigenvalue weighted by atomic mass is 9.84. The van der Waals surface area contributed by atoms with E-state index in [1.165, 1.54) is 49.7 Å². The van der Waals surface area contributed by atoms with Gasteiger partial charge in [-0.2, -0.15) is 0 Å². The molecule has 1 saturated carbocycles. The normalized spacial score (nSPS) is 31.2. The van der Waals surface area contributed by atoms with Gasteiger partial charge in [0.15, 0.2) is 0 Å². The Morgan fingerprint density at radius 2 is 1.97 bits per heavy atom. The highest BCUT2D eigenvalue weighted by atomic mass is 16.3. The standard InChI is InChI=1S/C30H43N3O2/c1-2-18-32-19-17-26-15-16-27(21-32)33(26)29(24-7-6-10-28(34)20-24)22-11-13-23(14-12-22)30(35)31-25-8-4-3-5-9-25/h2,10-13,20,23,25-27,29,34H,1,3-9,14-19,21H2,(H,31,35). The van der Waals surface area contributed by atoms with Crippen LogP contribution in [-0.2, 0) is 4.79 Å². The number of hydrogen-bond acceptors (Lipinski definition) is 4. The number of aliphatic hydroxyl groups excluding tert-OH is 1. The molecular weight excluding hydrogens is 434 g/mol. The van der Waals surface area contributed by atoms with E-state index >= 15 is 0 Å². The number of nitrogens with one attached hydrogen (secondary N) is 1. The van der Waals surface area contributed by atoms with Crippen LogP contribution in [-0.4, -0.2) is 64.6 Å². The van der Waals surface area contributed by atoms with Crippen molar-refractivity contribution in [1.82, 2.24) is 15.1 Å². The van der Waals surface area contributed by atoms with Gasteiger partial charge in [-0.3, -0.25) is 14.6 Å². The molecule has 2 bridgehead atoms. The molecule has 0 radical (unpaired) electrons. The summed E-state index contributed by atoms with van der Waals surface area (Å²) in [6.45, 7) is 7.12. The maximum Gasteiger partial charge on any atom is 0.227 e. The Bertz CT molecular complexity index is 911. The molecule has 0 aromatic heterocycles. The first kappa shape index (κ1) is 24.6. The van der Waals surface area contributed by atoms with Gasteiger partial charge < -0.3 is 10.4 Å². The van der Waals surface area contributed by atoms with Crippen LogP contribution in [0.25, 0.3) is 0 Å². The van der Waals surface area contributed by atoms with E-state index in [4.69, 9.17) is 0 Å². The highest BCUT2D eigenvalue weighted by molar-refractivity contribution is 5.81. The molecule has 35 heavy (non-hydrogen) atoms. The third kappa shape index (κ3) is 5.67. The van der Waals surface area contributed by atoms with Crippen molar-refractivity contribution >= 4 is 5.91 Å². The summed E-state index contributed by atoms with van der Waals surface area (Å²) in [5.74, 6) is 0.517. The molecule has 190 valence electrons. The van der Waals surface area contributed by atoms with Gasteiger partial charge >= 0.3 is 0 Å². The number of carbonyl (C=O) groups excluding carboxylic acids is 1. The molecule has 2 saturated heterocycles. The first-order chi connectivity index (χ1) is 17.1. The molecule has 4 unspecified atom stereocenters. The summed E-state index contributed by atoms with van der Waals surface area (Å²) in [4.78, 5) is 18.3. The molecular formula is C30H43N3O2. The fourth-order valence-electron chi connectivity index (χ4n) is 7.04. The van der Waals surface area contributed by atoms with E-state index in [0.29, 0.717) is 23.9 Å². The molecule has 3 aliphatic carbocycles. The van der Waals surface area contributed by atoms with E-state index in [9.17, 15) is 9.90 Å². The van der Waals surface area contributed by atoms with Crippen molar-refractivity contribution in [3.63, 3.8) is 0 Å². The van der Waals surface area contributed by atoms with Gasteiger partial charge in [0, 0.05) is 37.8 Å². The van der Waals surface area contributed by atoms with Gasteiger partial charge in [-0.05, 0) is 74.7 Å². The average Bonchev–Trinajstić information content (AvgIpc) is 3.16. The molecule has 3 fully saturated rings. The molecule has 5 aliphatic rings. The molecule has 2 heterocycles. The topological polar surface area (TPSA) is 55.8 Å². The van der Waals surface area contributed by atoms with Crippen molar-refractivity contribution < 1.29 is 9.90 Å². The van der Waals surface area contributed by atoms with Gasteiger partial charge in [0.25, 0.3) is 0 Å². The Morgan fingerprint density at radius 1 is 1.14 bits per heavy atom. The summed E-state index contributed by atoms with van der Waals surface area (Å²) in [6, 6.07) is 1.63. The van der Waals surface area contributed by atoms with E-state index in [1.807, 2.05) is 18.2 Å². The molecule has 5 heteroatoms. The maximum absolute atomic E-state index is 13.0. The molecule has 5 rings (SSSR count). The van der Waals surface area contributed by atoms with Crippen LogP contribution in [0.2, 0.25) is 0 Å². The van der Waals surface area contributed by atoms with Crippen LogP contribution in [0.1, 0.15) is 70.6 Å². The fourth-order valence-corrected chi connectivity index (χ4v) is 7.04. The number of fused-ring (bicyclic) bond motifs is 2. The van der Waals surface area contributed by atoms with Gasteiger partial charge in [-0.25, -0.2) is 0 Å². The van der Waals surface area contributed by atoms with Crippen LogP contribution in [0.4, 0.5) is 0 Å². The van der Waals surface area contributed by atoms with Crippen molar-refractivity contribution in [2.75, 3.05) is 19.6 Å². The van der Waals surface area contributed by atoms with Gasteiger partial charge in [0.1, 0.15) is 5.76 Å². The zero-order valence-electron chi connectivity index (χ0n) is 21.2. The summed E-state index contributed by atoms with van der Waals surface area (Å²) in [6.07, 6.45) is 25.0. The Labute approximate surface area is 211 Å². The van der Waals surface area contributed by atoms with E-state index in [0.717, 1.165) is 51.7 Å². The largest absolute Gasteiger partial charge is 0.508 e. The van der Waals surface area contributed by atoms with Crippen molar-refractivity contribution in [3.8, 4) is 0 Å². The Kier molecular flexibility index (Phi) is 7.94. The second-order valence-electron chi connectivity index (χ2n) is 11.2. The van der Waals surface area contributed by atoms with Gasteiger partial charge in [-0.1, -0.05) is 43.6 Å². The van der Waals surface area contributed by atoms with Crippen LogP contribution in [0, 0.1) is 5.92 Å². The van der Waals surface area contributed by atoms with Crippen molar-refractivity contribution in [3.05, 3.63) is 59.9 Å². The van der Waals surface area contributed by atoms with E-state index in [2.05, 4.69) is 39.9 Å². The number of hydrogen-bond donors (Lipinski definition) is 2. The van der Waals surface area contributed by atoms with Crippen molar-refractivity contribution in [2.45, 2.75) is 94.8 Å². The molecule has 0 aromatic carbocycles. The average molecular weight is 478 g/mol. The van der Waals surface area contributed by atoms with Gasteiger partial charge in [0.05, 0.1) is 12.0 Å². The summed E-state index contributed by atoms with van der Waals surface area (Å²) in [5.41, 5.74) is 2.63. The third-order valence-electron chi connectivity index (χ3n) is 8.81. The molecule has 4 atom stereocenters.